The molecule has 31 heavy (non-hydrogen) atoms. The largest absolute Gasteiger partial charge is 0.369 e. The first-order chi connectivity index (χ1) is 15.0. The van der Waals surface area contributed by atoms with E-state index >= 15 is 0 Å². The molecule has 2 fully saturated rings. The van der Waals surface area contributed by atoms with E-state index in [2.05, 4.69) is 16.9 Å². The lowest BCUT2D eigenvalue weighted by Crippen LogP contribution is -2.47. The smallest absolute Gasteiger partial charge is 0.232 e. The number of benzene rings is 2. The normalized spacial score (nSPS) is 27.8. The van der Waals surface area contributed by atoms with E-state index in [1.807, 2.05) is 66.9 Å². The van der Waals surface area contributed by atoms with E-state index in [0.717, 1.165) is 42.6 Å². The number of nitrogens with zero attached hydrogens (tertiary/aromatic N) is 1. The van der Waals surface area contributed by atoms with Crippen LogP contribution in [0.15, 0.2) is 73.1 Å². The van der Waals surface area contributed by atoms with Crippen molar-refractivity contribution in [2.24, 2.45) is 17.6 Å². The van der Waals surface area contributed by atoms with Gasteiger partial charge in [0, 0.05) is 18.8 Å². The molecule has 1 saturated heterocycles. The zero-order valence-electron chi connectivity index (χ0n) is 17.8. The van der Waals surface area contributed by atoms with Gasteiger partial charge in [-0.3, -0.25) is 4.79 Å². The first-order valence-electron chi connectivity index (χ1n) is 11.1. The standard InChI is InChI=1S/C26H29N3O2/c1-25(17-22-28-14-15-29-22)23(31-25)18-12-13-21(16-18)26(24(27)30,19-8-4-2-5-9-19)20-10-6-3-7-11-20/h2-11,14-15,18,21,23H,12-13,16-17H2,1H3,(H2,27,30)(H,28,29). The number of aromatic nitrogens is 2. The van der Waals surface area contributed by atoms with Gasteiger partial charge in [0.25, 0.3) is 0 Å². The van der Waals surface area contributed by atoms with E-state index in [1.54, 1.807) is 6.20 Å². The Bertz CT molecular complexity index is 996. The maximum atomic E-state index is 13.2. The van der Waals surface area contributed by atoms with Crippen LogP contribution >= 0.6 is 0 Å². The minimum atomic E-state index is -0.830. The summed E-state index contributed by atoms with van der Waals surface area (Å²) in [4.78, 5) is 20.8. The highest BCUT2D eigenvalue weighted by Gasteiger charge is 2.59. The van der Waals surface area contributed by atoms with Gasteiger partial charge in [0.05, 0.1) is 11.7 Å². The SMILES string of the molecule is CC1(Cc2ncc[nH]2)OC1C1CCC(C(C(N)=O)(c2ccccc2)c2ccccc2)C1. The van der Waals surface area contributed by atoms with Gasteiger partial charge in [-0.2, -0.15) is 0 Å². The number of imidazole rings is 1. The summed E-state index contributed by atoms with van der Waals surface area (Å²) in [6.45, 7) is 2.17. The summed E-state index contributed by atoms with van der Waals surface area (Å²) >= 11 is 0. The first-order valence-corrected chi connectivity index (χ1v) is 11.1. The fraction of sp³-hybridized carbons (Fsp3) is 0.385. The Hall–Kier alpha value is -2.92. The number of H-pyrrole nitrogens is 1. The molecule has 0 bridgehead atoms. The quantitative estimate of drug-likeness (QED) is 0.572. The summed E-state index contributed by atoms with van der Waals surface area (Å²) < 4.78 is 6.22. The molecule has 4 unspecified atom stereocenters. The molecule has 0 spiro atoms. The lowest BCUT2D eigenvalue weighted by molar-refractivity contribution is -0.123. The molecule has 160 valence electrons. The van der Waals surface area contributed by atoms with Crippen molar-refractivity contribution in [3.8, 4) is 0 Å². The topological polar surface area (TPSA) is 84.3 Å². The van der Waals surface area contributed by atoms with E-state index in [-0.39, 0.29) is 23.5 Å². The molecule has 1 saturated carbocycles. The minimum Gasteiger partial charge on any atom is -0.369 e. The molecule has 4 atom stereocenters. The number of primary amides is 1. The fourth-order valence-electron chi connectivity index (χ4n) is 5.93. The highest BCUT2D eigenvalue weighted by Crippen LogP contribution is 2.54. The Balaban J connectivity index is 1.45. The van der Waals surface area contributed by atoms with E-state index in [1.165, 1.54) is 0 Å². The van der Waals surface area contributed by atoms with Crippen molar-refractivity contribution in [1.29, 1.82) is 0 Å². The molecule has 3 aromatic rings. The van der Waals surface area contributed by atoms with Crippen LogP contribution < -0.4 is 5.73 Å². The van der Waals surface area contributed by atoms with Gasteiger partial charge < -0.3 is 15.5 Å². The fourth-order valence-corrected chi connectivity index (χ4v) is 5.93. The number of nitrogens with two attached hydrogens (primary N) is 1. The Morgan fingerprint density at radius 2 is 1.77 bits per heavy atom. The lowest BCUT2D eigenvalue weighted by Gasteiger charge is -2.37. The van der Waals surface area contributed by atoms with Crippen LogP contribution in [0.4, 0.5) is 0 Å². The molecule has 1 aliphatic heterocycles. The third-order valence-corrected chi connectivity index (χ3v) is 7.37. The third-order valence-electron chi connectivity index (χ3n) is 7.37. The van der Waals surface area contributed by atoms with Gasteiger partial charge in [-0.1, -0.05) is 60.7 Å². The van der Waals surface area contributed by atoms with Gasteiger partial charge in [-0.25, -0.2) is 4.98 Å². The molecule has 2 aromatic carbocycles. The van der Waals surface area contributed by atoms with Gasteiger partial charge in [0.1, 0.15) is 11.2 Å². The molecule has 3 N–H and O–H groups in total. The van der Waals surface area contributed by atoms with Crippen LogP contribution in [0.3, 0.4) is 0 Å². The van der Waals surface area contributed by atoms with Crippen LogP contribution in [0, 0.1) is 11.8 Å². The monoisotopic (exact) mass is 415 g/mol. The van der Waals surface area contributed by atoms with E-state index in [4.69, 9.17) is 10.5 Å². The zero-order valence-corrected chi connectivity index (χ0v) is 17.8. The lowest BCUT2D eigenvalue weighted by atomic mass is 9.64. The van der Waals surface area contributed by atoms with Crippen molar-refractivity contribution < 1.29 is 9.53 Å². The van der Waals surface area contributed by atoms with E-state index in [9.17, 15) is 4.79 Å². The summed E-state index contributed by atoms with van der Waals surface area (Å²) in [5, 5.41) is 0. The van der Waals surface area contributed by atoms with Crippen molar-refractivity contribution in [2.45, 2.75) is 49.7 Å². The maximum absolute atomic E-state index is 13.2. The van der Waals surface area contributed by atoms with Crippen molar-refractivity contribution >= 4 is 5.91 Å². The summed E-state index contributed by atoms with van der Waals surface area (Å²) in [5.74, 6) is 1.23. The molecule has 1 aromatic heterocycles. The molecule has 5 nitrogen and oxygen atoms in total. The van der Waals surface area contributed by atoms with Gasteiger partial charge in [-0.15, -0.1) is 0 Å². The highest BCUT2D eigenvalue weighted by atomic mass is 16.6. The zero-order chi connectivity index (χ0) is 21.5. The number of hydrogen-bond acceptors (Lipinski definition) is 3. The van der Waals surface area contributed by atoms with Crippen LogP contribution in [0.1, 0.15) is 43.1 Å². The van der Waals surface area contributed by atoms with Crippen LogP contribution in [0.2, 0.25) is 0 Å². The molecular formula is C26H29N3O2. The summed E-state index contributed by atoms with van der Waals surface area (Å²) in [5.41, 5.74) is 7.16. The van der Waals surface area contributed by atoms with E-state index in [0.29, 0.717) is 5.92 Å². The van der Waals surface area contributed by atoms with Gasteiger partial charge >= 0.3 is 0 Å². The van der Waals surface area contributed by atoms with Crippen LogP contribution in [0.5, 0.6) is 0 Å². The first kappa shape index (κ1) is 20.0. The maximum Gasteiger partial charge on any atom is 0.232 e. The van der Waals surface area contributed by atoms with Crippen LogP contribution in [-0.2, 0) is 21.4 Å². The number of hydrogen-bond donors (Lipinski definition) is 2. The van der Waals surface area contributed by atoms with Gasteiger partial charge in [0.15, 0.2) is 0 Å². The number of rotatable bonds is 7. The minimum absolute atomic E-state index is 0.136. The number of aromatic amines is 1. The van der Waals surface area contributed by atoms with Crippen molar-refractivity contribution in [1.82, 2.24) is 9.97 Å². The van der Waals surface area contributed by atoms with Crippen molar-refractivity contribution in [3.63, 3.8) is 0 Å². The predicted molar refractivity (Wildman–Crippen MR) is 119 cm³/mol. The average Bonchev–Trinajstić information content (AvgIpc) is 3.16. The molecule has 1 amide bonds. The van der Waals surface area contributed by atoms with Gasteiger partial charge in [-0.05, 0) is 49.1 Å². The van der Waals surface area contributed by atoms with Gasteiger partial charge in [0.2, 0.25) is 5.91 Å². The second-order valence-corrected chi connectivity index (χ2v) is 9.24. The summed E-state index contributed by atoms with van der Waals surface area (Å²) in [6, 6.07) is 20.1. The second kappa shape index (κ2) is 7.65. The molecule has 2 heterocycles. The molecule has 5 rings (SSSR count). The van der Waals surface area contributed by atoms with Crippen molar-refractivity contribution in [2.75, 3.05) is 0 Å². The molecule has 1 aliphatic carbocycles. The number of carbonyl (C=O) groups is 1. The van der Waals surface area contributed by atoms with Crippen LogP contribution in [-0.4, -0.2) is 27.6 Å². The number of ether oxygens (including phenoxy) is 1. The third kappa shape index (κ3) is 3.37. The van der Waals surface area contributed by atoms with E-state index < -0.39 is 5.41 Å². The second-order valence-electron chi connectivity index (χ2n) is 9.24. The molecular weight excluding hydrogens is 386 g/mol. The molecule has 5 heteroatoms. The Morgan fingerprint density at radius 3 is 2.32 bits per heavy atom. The highest BCUT2D eigenvalue weighted by molar-refractivity contribution is 5.91. The Morgan fingerprint density at radius 1 is 1.13 bits per heavy atom. The number of nitrogens with one attached hydrogen (secondary N) is 1. The Kier molecular flexibility index (Phi) is 4.94. The Labute approximate surface area is 183 Å². The summed E-state index contributed by atoms with van der Waals surface area (Å²) in [7, 11) is 0. The van der Waals surface area contributed by atoms with Crippen LogP contribution in [0.25, 0.3) is 0 Å². The molecule has 0 radical (unpaired) electrons. The summed E-state index contributed by atoms with van der Waals surface area (Å²) in [6.07, 6.45) is 7.52. The predicted octanol–water partition coefficient (Wildman–Crippen LogP) is 4.00. The number of amides is 1. The van der Waals surface area contributed by atoms with Crippen molar-refractivity contribution in [3.05, 3.63) is 90.0 Å². The average molecular weight is 416 g/mol. The molecule has 2 aliphatic rings. The number of epoxide rings is 1. The number of carbonyl (C=O) groups excluding carboxylic acids is 1.